The zero-order valence-corrected chi connectivity index (χ0v) is 15.5. The van der Waals surface area contributed by atoms with Gasteiger partial charge in [0.05, 0.1) is 18.7 Å². The molecule has 0 amide bonds. The summed E-state index contributed by atoms with van der Waals surface area (Å²) in [6, 6.07) is 14.6. The molecule has 6 heteroatoms. The van der Waals surface area contributed by atoms with E-state index in [9.17, 15) is 0 Å². The molecule has 6 nitrogen and oxygen atoms in total. The van der Waals surface area contributed by atoms with E-state index >= 15 is 0 Å². The molecular weight excluding hydrogens is 338 g/mol. The first-order valence-corrected chi connectivity index (χ1v) is 9.26. The van der Waals surface area contributed by atoms with E-state index in [1.807, 2.05) is 12.1 Å². The fourth-order valence-corrected chi connectivity index (χ4v) is 3.71. The zero-order chi connectivity index (χ0) is 18.4. The van der Waals surface area contributed by atoms with E-state index in [1.54, 1.807) is 0 Å². The molecule has 0 unspecified atom stereocenters. The second-order valence-electron chi connectivity index (χ2n) is 7.03. The molecule has 2 aromatic heterocycles. The average Bonchev–Trinajstić information content (AvgIpc) is 3.14. The van der Waals surface area contributed by atoms with Crippen LogP contribution in [0.5, 0.6) is 0 Å². The summed E-state index contributed by atoms with van der Waals surface area (Å²) in [7, 11) is 0. The number of ether oxygens (including phenoxy) is 1. The van der Waals surface area contributed by atoms with E-state index in [0.29, 0.717) is 13.2 Å². The minimum Gasteiger partial charge on any atom is -0.378 e. The fourth-order valence-electron chi connectivity index (χ4n) is 3.71. The quantitative estimate of drug-likeness (QED) is 0.549. The van der Waals surface area contributed by atoms with Gasteiger partial charge in [0.2, 0.25) is 5.95 Å². The van der Waals surface area contributed by atoms with Crippen molar-refractivity contribution in [2.45, 2.75) is 13.8 Å². The molecular formula is C21H21N5O. The van der Waals surface area contributed by atoms with Crippen LogP contribution in [0.1, 0.15) is 11.1 Å². The van der Waals surface area contributed by atoms with Gasteiger partial charge in [-0.2, -0.15) is 0 Å². The standard InChI is InChI=1S/C21H21N5O/c1-14-7-8-18-17(13-14)20-24-23-19(16-6-4-3-5-15(16)2)26(20)21(22-18)25-9-11-27-12-10-25/h3-8,13H,9-12H2,1-2H3. The van der Waals surface area contributed by atoms with Gasteiger partial charge in [-0.05, 0) is 31.5 Å². The van der Waals surface area contributed by atoms with Gasteiger partial charge in [0.1, 0.15) is 0 Å². The first-order chi connectivity index (χ1) is 13.2. The van der Waals surface area contributed by atoms with Crippen molar-refractivity contribution < 1.29 is 4.74 Å². The van der Waals surface area contributed by atoms with Crippen LogP contribution >= 0.6 is 0 Å². The van der Waals surface area contributed by atoms with Crippen LogP contribution in [-0.2, 0) is 4.74 Å². The second-order valence-corrected chi connectivity index (χ2v) is 7.03. The molecule has 5 rings (SSSR count). The molecule has 0 aliphatic carbocycles. The maximum atomic E-state index is 5.54. The van der Waals surface area contributed by atoms with Crippen molar-refractivity contribution in [1.82, 2.24) is 19.6 Å². The summed E-state index contributed by atoms with van der Waals surface area (Å²) >= 11 is 0. The van der Waals surface area contributed by atoms with Gasteiger partial charge in [-0.15, -0.1) is 10.2 Å². The number of nitrogens with zero attached hydrogens (tertiary/aromatic N) is 5. The van der Waals surface area contributed by atoms with E-state index in [4.69, 9.17) is 9.72 Å². The first kappa shape index (κ1) is 16.2. The highest BCUT2D eigenvalue weighted by Crippen LogP contribution is 2.30. The van der Waals surface area contributed by atoms with Crippen molar-refractivity contribution in [2.75, 3.05) is 31.2 Å². The lowest BCUT2D eigenvalue weighted by Crippen LogP contribution is -2.38. The number of fused-ring (bicyclic) bond motifs is 3. The number of morpholine rings is 1. The summed E-state index contributed by atoms with van der Waals surface area (Å²) in [4.78, 5) is 7.27. The van der Waals surface area contributed by atoms with Crippen molar-refractivity contribution in [3.8, 4) is 11.4 Å². The number of aryl methyl sites for hydroxylation is 2. The van der Waals surface area contributed by atoms with Crippen LogP contribution in [0.25, 0.3) is 27.9 Å². The molecule has 27 heavy (non-hydrogen) atoms. The number of rotatable bonds is 2. The number of anilines is 1. The molecule has 2 aromatic carbocycles. The van der Waals surface area contributed by atoms with Crippen LogP contribution in [0, 0.1) is 13.8 Å². The number of hydrogen-bond donors (Lipinski definition) is 0. The number of hydrogen-bond acceptors (Lipinski definition) is 5. The van der Waals surface area contributed by atoms with Gasteiger partial charge in [0, 0.05) is 24.0 Å². The third kappa shape index (κ3) is 2.64. The Kier molecular flexibility index (Phi) is 3.79. The smallest absolute Gasteiger partial charge is 0.213 e. The van der Waals surface area contributed by atoms with Crippen molar-refractivity contribution in [3.05, 3.63) is 53.6 Å². The topological polar surface area (TPSA) is 55.6 Å². The summed E-state index contributed by atoms with van der Waals surface area (Å²) in [5.41, 5.74) is 5.23. The van der Waals surface area contributed by atoms with Crippen LogP contribution in [-0.4, -0.2) is 45.9 Å². The molecule has 1 aliphatic heterocycles. The largest absolute Gasteiger partial charge is 0.378 e. The Morgan fingerprint density at radius 3 is 2.59 bits per heavy atom. The van der Waals surface area contributed by atoms with Crippen LogP contribution in [0.3, 0.4) is 0 Å². The van der Waals surface area contributed by atoms with Crippen molar-refractivity contribution in [3.63, 3.8) is 0 Å². The van der Waals surface area contributed by atoms with E-state index in [1.165, 1.54) is 11.1 Å². The Balaban J connectivity index is 1.86. The van der Waals surface area contributed by atoms with E-state index in [-0.39, 0.29) is 0 Å². The van der Waals surface area contributed by atoms with Gasteiger partial charge >= 0.3 is 0 Å². The Labute approximate surface area is 157 Å². The Morgan fingerprint density at radius 2 is 1.78 bits per heavy atom. The maximum Gasteiger partial charge on any atom is 0.213 e. The summed E-state index contributed by atoms with van der Waals surface area (Å²) in [5, 5.41) is 10.2. The molecule has 4 aromatic rings. The lowest BCUT2D eigenvalue weighted by molar-refractivity contribution is 0.122. The molecule has 0 radical (unpaired) electrons. The molecule has 0 bridgehead atoms. The van der Waals surface area contributed by atoms with Gasteiger partial charge in [-0.3, -0.25) is 0 Å². The molecule has 1 saturated heterocycles. The van der Waals surface area contributed by atoms with Gasteiger partial charge in [0.25, 0.3) is 0 Å². The van der Waals surface area contributed by atoms with Gasteiger partial charge < -0.3 is 9.64 Å². The minimum absolute atomic E-state index is 0.705. The van der Waals surface area contributed by atoms with Crippen molar-refractivity contribution >= 4 is 22.5 Å². The van der Waals surface area contributed by atoms with Crippen molar-refractivity contribution in [1.29, 1.82) is 0 Å². The minimum atomic E-state index is 0.705. The monoisotopic (exact) mass is 359 g/mol. The average molecular weight is 359 g/mol. The summed E-state index contributed by atoms with van der Waals surface area (Å²) in [5.74, 6) is 1.72. The molecule has 1 fully saturated rings. The molecule has 0 spiro atoms. The van der Waals surface area contributed by atoms with E-state index in [2.05, 4.69) is 63.7 Å². The Bertz CT molecular complexity index is 1140. The molecule has 0 saturated carbocycles. The normalized spacial score (nSPS) is 15.0. The highest BCUT2D eigenvalue weighted by Gasteiger charge is 2.22. The maximum absolute atomic E-state index is 5.54. The SMILES string of the molecule is Cc1ccc2nc(N3CCOCC3)n3c(-c4ccccc4C)nnc3c2c1. The van der Waals surface area contributed by atoms with E-state index < -0.39 is 0 Å². The summed E-state index contributed by atoms with van der Waals surface area (Å²) < 4.78 is 7.65. The highest BCUT2D eigenvalue weighted by atomic mass is 16.5. The fraction of sp³-hybridized carbons (Fsp3) is 0.286. The molecule has 136 valence electrons. The van der Waals surface area contributed by atoms with Gasteiger partial charge in [-0.1, -0.05) is 35.9 Å². The highest BCUT2D eigenvalue weighted by molar-refractivity contribution is 5.94. The first-order valence-electron chi connectivity index (χ1n) is 9.26. The summed E-state index contributed by atoms with van der Waals surface area (Å²) in [6.07, 6.45) is 0. The van der Waals surface area contributed by atoms with Crippen LogP contribution in [0.2, 0.25) is 0 Å². The van der Waals surface area contributed by atoms with Crippen LogP contribution in [0.15, 0.2) is 42.5 Å². The Hall–Kier alpha value is -2.99. The van der Waals surface area contributed by atoms with Gasteiger partial charge in [0.15, 0.2) is 11.5 Å². The zero-order valence-electron chi connectivity index (χ0n) is 15.5. The summed E-state index contributed by atoms with van der Waals surface area (Å²) in [6.45, 7) is 7.22. The predicted octanol–water partition coefficient (Wildman–Crippen LogP) is 3.40. The molecule has 0 atom stereocenters. The van der Waals surface area contributed by atoms with Crippen LogP contribution < -0.4 is 4.90 Å². The third-order valence-corrected chi connectivity index (χ3v) is 5.16. The Morgan fingerprint density at radius 1 is 0.963 bits per heavy atom. The molecule has 1 aliphatic rings. The second kappa shape index (κ2) is 6.32. The number of benzene rings is 2. The lowest BCUT2D eigenvalue weighted by atomic mass is 10.1. The molecule has 0 N–H and O–H groups in total. The van der Waals surface area contributed by atoms with Crippen molar-refractivity contribution in [2.24, 2.45) is 0 Å². The number of aromatic nitrogens is 4. The lowest BCUT2D eigenvalue weighted by Gasteiger charge is -2.28. The van der Waals surface area contributed by atoms with Crippen LogP contribution in [0.4, 0.5) is 5.95 Å². The van der Waals surface area contributed by atoms with E-state index in [0.717, 1.165) is 47.0 Å². The third-order valence-electron chi connectivity index (χ3n) is 5.16. The molecule has 3 heterocycles. The van der Waals surface area contributed by atoms with Gasteiger partial charge in [-0.25, -0.2) is 9.38 Å². The predicted molar refractivity (Wildman–Crippen MR) is 106 cm³/mol.